The number of hydrogen-bond acceptors (Lipinski definition) is 7. The van der Waals surface area contributed by atoms with Crippen molar-refractivity contribution in [2.45, 2.75) is 23.8 Å². The lowest BCUT2D eigenvalue weighted by atomic mass is 10.0. The number of sulfone groups is 1. The molecule has 1 aromatic carbocycles. The third-order valence-electron chi connectivity index (χ3n) is 5.01. The molecule has 0 aliphatic carbocycles. The molecule has 3 aromatic heterocycles. The van der Waals surface area contributed by atoms with Crippen LogP contribution < -0.4 is 5.56 Å². The molecule has 0 spiro atoms. The first-order valence-electron chi connectivity index (χ1n) is 9.59. The Morgan fingerprint density at radius 3 is 2.66 bits per heavy atom. The van der Waals surface area contributed by atoms with Gasteiger partial charge in [-0.1, -0.05) is 0 Å². The number of pyridine rings is 1. The number of benzene rings is 1. The van der Waals surface area contributed by atoms with E-state index in [0.717, 1.165) is 12.5 Å². The van der Waals surface area contributed by atoms with Crippen molar-refractivity contribution in [3.8, 4) is 0 Å². The van der Waals surface area contributed by atoms with Crippen molar-refractivity contribution in [1.82, 2.24) is 14.5 Å². The average molecular weight is 455 g/mol. The summed E-state index contributed by atoms with van der Waals surface area (Å²) in [6.07, 6.45) is 4.75. The molecular weight excluding hydrogens is 437 g/mol. The van der Waals surface area contributed by atoms with Crippen molar-refractivity contribution in [2.75, 3.05) is 6.26 Å². The molecule has 8 nitrogen and oxygen atoms in total. The van der Waals surface area contributed by atoms with E-state index in [0.29, 0.717) is 11.5 Å². The third-order valence-corrected chi connectivity index (χ3v) is 6.12. The van der Waals surface area contributed by atoms with Crippen molar-refractivity contribution < 1.29 is 22.0 Å². The number of halogens is 1. The van der Waals surface area contributed by atoms with E-state index in [2.05, 4.69) is 9.97 Å². The van der Waals surface area contributed by atoms with Gasteiger partial charge in [0.1, 0.15) is 17.6 Å². The lowest BCUT2D eigenvalue weighted by Crippen LogP contribution is -2.32. The van der Waals surface area contributed by atoms with Crippen LogP contribution >= 0.6 is 0 Å². The standard InChI is InChI=1S/C22H18FN3O5S/c1-32(29,30)17-6-7-18-19(11-17)25-13-26(22(18)28)20(10-16-3-2-8-31-16)21(27)9-15-5-4-14(23)12-24-15/h2-8,11-13,20H,9-10H2,1H3. The molecule has 10 heteroatoms. The largest absolute Gasteiger partial charge is 0.469 e. The third kappa shape index (κ3) is 4.50. The first-order chi connectivity index (χ1) is 15.2. The molecule has 4 rings (SSSR count). The van der Waals surface area contributed by atoms with E-state index in [1.807, 2.05) is 0 Å². The summed E-state index contributed by atoms with van der Waals surface area (Å²) in [4.78, 5) is 34.5. The molecular formula is C22H18FN3O5S. The summed E-state index contributed by atoms with van der Waals surface area (Å²) in [5.74, 6) is -0.358. The molecule has 4 aromatic rings. The topological polar surface area (TPSA) is 112 Å². The monoisotopic (exact) mass is 455 g/mol. The molecule has 1 atom stereocenters. The molecule has 0 aliphatic rings. The van der Waals surface area contributed by atoms with Crippen molar-refractivity contribution >= 4 is 26.5 Å². The molecule has 0 bridgehead atoms. The number of ketones is 1. The maximum atomic E-state index is 13.2. The highest BCUT2D eigenvalue weighted by molar-refractivity contribution is 7.90. The zero-order valence-electron chi connectivity index (χ0n) is 16.9. The number of nitrogens with zero attached hydrogens (tertiary/aromatic N) is 3. The lowest BCUT2D eigenvalue weighted by molar-refractivity contribution is -0.121. The molecule has 0 amide bonds. The quantitative estimate of drug-likeness (QED) is 0.421. The van der Waals surface area contributed by atoms with E-state index < -0.39 is 27.3 Å². The fraction of sp³-hybridized carbons (Fsp3) is 0.182. The number of rotatable bonds is 7. The smallest absolute Gasteiger partial charge is 0.261 e. The van der Waals surface area contributed by atoms with Gasteiger partial charge in [0.15, 0.2) is 15.6 Å². The van der Waals surface area contributed by atoms with E-state index in [4.69, 9.17) is 4.42 Å². The highest BCUT2D eigenvalue weighted by Gasteiger charge is 2.25. The molecule has 1 unspecified atom stereocenters. The summed E-state index contributed by atoms with van der Waals surface area (Å²) < 4.78 is 43.3. The predicted octanol–water partition coefficient (Wildman–Crippen LogP) is 2.52. The molecule has 164 valence electrons. The number of aromatic nitrogens is 3. The van der Waals surface area contributed by atoms with Gasteiger partial charge in [0.25, 0.3) is 5.56 Å². The van der Waals surface area contributed by atoms with Gasteiger partial charge in [-0.3, -0.25) is 19.1 Å². The fourth-order valence-electron chi connectivity index (χ4n) is 3.36. The second kappa shape index (κ2) is 8.46. The second-order valence-corrected chi connectivity index (χ2v) is 9.33. The Hall–Kier alpha value is -3.66. The molecule has 0 saturated carbocycles. The maximum Gasteiger partial charge on any atom is 0.261 e. The minimum atomic E-state index is -3.47. The maximum absolute atomic E-state index is 13.2. The Bertz CT molecular complexity index is 1450. The number of hydrogen-bond donors (Lipinski definition) is 0. The molecule has 3 heterocycles. The minimum absolute atomic E-state index is 0.0419. The molecule has 0 N–H and O–H groups in total. The number of fused-ring (bicyclic) bond motifs is 1. The van der Waals surface area contributed by atoms with Gasteiger partial charge in [-0.15, -0.1) is 0 Å². The van der Waals surface area contributed by atoms with Crippen LogP contribution in [-0.4, -0.2) is 35.0 Å². The number of carbonyl (C=O) groups is 1. The molecule has 0 saturated heterocycles. The van der Waals surface area contributed by atoms with Crippen LogP contribution in [0.3, 0.4) is 0 Å². The van der Waals surface area contributed by atoms with Crippen molar-refractivity contribution in [3.05, 3.63) is 88.9 Å². The zero-order valence-corrected chi connectivity index (χ0v) is 17.8. The second-order valence-electron chi connectivity index (χ2n) is 7.32. The Morgan fingerprint density at radius 2 is 2.00 bits per heavy atom. The first-order valence-corrected chi connectivity index (χ1v) is 11.5. The fourth-order valence-corrected chi connectivity index (χ4v) is 4.00. The zero-order chi connectivity index (χ0) is 22.9. The number of carbonyl (C=O) groups excluding carboxylic acids is 1. The predicted molar refractivity (Wildman–Crippen MR) is 113 cm³/mol. The van der Waals surface area contributed by atoms with E-state index in [1.54, 1.807) is 12.1 Å². The van der Waals surface area contributed by atoms with Gasteiger partial charge < -0.3 is 4.42 Å². The Kier molecular flexibility index (Phi) is 5.70. The van der Waals surface area contributed by atoms with Crippen LogP contribution in [-0.2, 0) is 27.5 Å². The van der Waals surface area contributed by atoms with Crippen LogP contribution in [0.1, 0.15) is 17.5 Å². The van der Waals surface area contributed by atoms with Crippen LogP contribution in [0, 0.1) is 5.82 Å². The summed E-state index contributed by atoms with van der Waals surface area (Å²) in [5, 5.41) is 0.178. The lowest BCUT2D eigenvalue weighted by Gasteiger charge is -2.18. The Labute approximate surface area is 182 Å². The number of Topliss-reactive ketones (excluding diaryl/α,β-unsaturated/α-hetero) is 1. The highest BCUT2D eigenvalue weighted by atomic mass is 32.2. The first kappa shape index (κ1) is 21.6. The molecule has 0 radical (unpaired) electrons. The Morgan fingerprint density at radius 1 is 1.19 bits per heavy atom. The van der Waals surface area contributed by atoms with Crippen LogP contribution in [0.25, 0.3) is 10.9 Å². The SMILES string of the molecule is CS(=O)(=O)c1ccc2c(=O)n(C(Cc3ccco3)C(=O)Cc3ccc(F)cn3)cnc2c1. The summed E-state index contributed by atoms with van der Waals surface area (Å²) in [5.41, 5.74) is 0.0750. The normalized spacial score (nSPS) is 12.7. The molecule has 0 fully saturated rings. The van der Waals surface area contributed by atoms with Crippen molar-refractivity contribution in [2.24, 2.45) is 0 Å². The van der Waals surface area contributed by atoms with Gasteiger partial charge in [-0.2, -0.15) is 0 Å². The van der Waals surface area contributed by atoms with Crippen molar-refractivity contribution in [1.29, 1.82) is 0 Å². The molecule has 0 aliphatic heterocycles. The van der Waals surface area contributed by atoms with Gasteiger partial charge in [0.2, 0.25) is 0 Å². The van der Waals surface area contributed by atoms with Gasteiger partial charge in [0, 0.05) is 18.4 Å². The van der Waals surface area contributed by atoms with Gasteiger partial charge >= 0.3 is 0 Å². The Balaban J connectivity index is 1.76. The van der Waals surface area contributed by atoms with E-state index in [-0.39, 0.29) is 34.4 Å². The van der Waals surface area contributed by atoms with Crippen LogP contribution in [0.2, 0.25) is 0 Å². The average Bonchev–Trinajstić information content (AvgIpc) is 3.27. The van der Waals surface area contributed by atoms with Crippen LogP contribution in [0.15, 0.2) is 75.4 Å². The summed E-state index contributed by atoms with van der Waals surface area (Å²) in [7, 11) is -3.47. The van der Waals surface area contributed by atoms with Gasteiger partial charge in [0.05, 0.1) is 41.0 Å². The van der Waals surface area contributed by atoms with E-state index >= 15 is 0 Å². The molecule has 32 heavy (non-hydrogen) atoms. The van der Waals surface area contributed by atoms with E-state index in [9.17, 15) is 22.4 Å². The van der Waals surface area contributed by atoms with E-state index in [1.165, 1.54) is 47.5 Å². The summed E-state index contributed by atoms with van der Waals surface area (Å²) in [6.45, 7) is 0. The summed E-state index contributed by atoms with van der Waals surface area (Å²) >= 11 is 0. The summed E-state index contributed by atoms with van der Waals surface area (Å²) in [6, 6.07) is 9.06. The van der Waals surface area contributed by atoms with Crippen LogP contribution in [0.4, 0.5) is 4.39 Å². The van der Waals surface area contributed by atoms with Crippen LogP contribution in [0.5, 0.6) is 0 Å². The minimum Gasteiger partial charge on any atom is -0.469 e. The number of furan rings is 1. The highest BCUT2D eigenvalue weighted by Crippen LogP contribution is 2.20. The van der Waals surface area contributed by atoms with Crippen molar-refractivity contribution in [3.63, 3.8) is 0 Å². The van der Waals surface area contributed by atoms with Gasteiger partial charge in [-0.25, -0.2) is 17.8 Å². The van der Waals surface area contributed by atoms with Gasteiger partial charge in [-0.05, 0) is 42.5 Å².